The summed E-state index contributed by atoms with van der Waals surface area (Å²) in [5, 5.41) is 7.86. The second kappa shape index (κ2) is 5.81. The summed E-state index contributed by atoms with van der Waals surface area (Å²) >= 11 is 0. The molecular weight excluding hydrogens is 244 g/mol. The van der Waals surface area contributed by atoms with E-state index in [1.807, 2.05) is 24.3 Å². The molecule has 0 unspecified atom stereocenters. The fourth-order valence-electron chi connectivity index (χ4n) is 1.53. The number of aromatic nitrogens is 2. The number of amides is 1. The topological polar surface area (TPSA) is 68.5 Å². The number of nitrogens with zero attached hydrogens (tertiary/aromatic N) is 3. The molecule has 0 spiro atoms. The molecular formula is C13H14N4O2. The summed E-state index contributed by atoms with van der Waals surface area (Å²) in [5.74, 6) is 0.338. The normalized spacial score (nSPS) is 10.6. The predicted octanol–water partition coefficient (Wildman–Crippen LogP) is 1.19. The number of hydrogen-bond acceptors (Lipinski definition) is 4. The number of rotatable bonds is 4. The molecule has 0 atom stereocenters. The zero-order valence-electron chi connectivity index (χ0n) is 10.7. The molecule has 0 saturated carbocycles. The van der Waals surface area contributed by atoms with Gasteiger partial charge in [0.25, 0.3) is 5.91 Å². The van der Waals surface area contributed by atoms with Gasteiger partial charge in [-0.2, -0.15) is 10.2 Å². The number of carbonyl (C=O) groups excluding carboxylic acids is 1. The fourth-order valence-corrected chi connectivity index (χ4v) is 1.53. The van der Waals surface area contributed by atoms with Gasteiger partial charge >= 0.3 is 0 Å². The third-order valence-corrected chi connectivity index (χ3v) is 2.45. The highest BCUT2D eigenvalue weighted by atomic mass is 16.5. The van der Waals surface area contributed by atoms with Crippen molar-refractivity contribution in [2.75, 3.05) is 7.11 Å². The maximum atomic E-state index is 11.7. The first-order valence-corrected chi connectivity index (χ1v) is 5.67. The lowest BCUT2D eigenvalue weighted by atomic mass is 10.2. The Morgan fingerprint density at radius 1 is 1.42 bits per heavy atom. The van der Waals surface area contributed by atoms with Crippen LogP contribution in [0.4, 0.5) is 0 Å². The number of nitrogens with one attached hydrogen (secondary N) is 1. The van der Waals surface area contributed by atoms with Crippen LogP contribution in [0.3, 0.4) is 0 Å². The number of para-hydroxylation sites is 1. The second-order valence-electron chi connectivity index (χ2n) is 3.82. The number of hydrazone groups is 1. The van der Waals surface area contributed by atoms with E-state index in [4.69, 9.17) is 4.74 Å². The summed E-state index contributed by atoms with van der Waals surface area (Å²) in [6.45, 7) is 0. The largest absolute Gasteiger partial charge is 0.496 e. The van der Waals surface area contributed by atoms with Crippen molar-refractivity contribution < 1.29 is 9.53 Å². The highest BCUT2D eigenvalue weighted by Gasteiger charge is 2.06. The Labute approximate surface area is 110 Å². The molecule has 19 heavy (non-hydrogen) atoms. The predicted molar refractivity (Wildman–Crippen MR) is 71.3 cm³/mol. The van der Waals surface area contributed by atoms with Crippen LogP contribution in [0.25, 0.3) is 0 Å². The molecule has 0 aliphatic carbocycles. The number of benzene rings is 1. The SMILES string of the molecule is COc1ccccc1C=NNC(=O)c1ccn(C)n1. The molecule has 1 N–H and O–H groups in total. The zero-order chi connectivity index (χ0) is 13.7. The first-order chi connectivity index (χ1) is 9.20. The minimum atomic E-state index is -0.355. The summed E-state index contributed by atoms with van der Waals surface area (Å²) in [6, 6.07) is 9.01. The smallest absolute Gasteiger partial charge is 0.291 e. The van der Waals surface area contributed by atoms with E-state index in [1.165, 1.54) is 6.21 Å². The van der Waals surface area contributed by atoms with Crippen molar-refractivity contribution in [1.82, 2.24) is 15.2 Å². The number of methoxy groups -OCH3 is 1. The molecule has 1 amide bonds. The van der Waals surface area contributed by atoms with Gasteiger partial charge in [-0.05, 0) is 18.2 Å². The average Bonchev–Trinajstić information content (AvgIpc) is 2.86. The molecule has 2 rings (SSSR count). The molecule has 1 heterocycles. The van der Waals surface area contributed by atoms with Gasteiger partial charge in [0.1, 0.15) is 5.75 Å². The van der Waals surface area contributed by atoms with Crippen molar-refractivity contribution in [2.24, 2.45) is 12.1 Å². The van der Waals surface area contributed by atoms with Crippen LogP contribution in [0, 0.1) is 0 Å². The molecule has 0 saturated heterocycles. The minimum absolute atomic E-state index is 0.319. The summed E-state index contributed by atoms with van der Waals surface area (Å²) < 4.78 is 6.73. The van der Waals surface area contributed by atoms with Crippen molar-refractivity contribution in [3.8, 4) is 5.75 Å². The van der Waals surface area contributed by atoms with Gasteiger partial charge in [-0.1, -0.05) is 12.1 Å². The molecule has 98 valence electrons. The van der Waals surface area contributed by atoms with Gasteiger partial charge in [0, 0.05) is 18.8 Å². The first-order valence-electron chi connectivity index (χ1n) is 5.67. The lowest BCUT2D eigenvalue weighted by Gasteiger charge is -2.02. The Morgan fingerprint density at radius 3 is 2.89 bits per heavy atom. The molecule has 0 aliphatic rings. The summed E-state index contributed by atoms with van der Waals surface area (Å²) in [4.78, 5) is 11.7. The standard InChI is InChI=1S/C13H14N4O2/c1-17-8-7-11(16-17)13(18)15-14-9-10-5-3-4-6-12(10)19-2/h3-9H,1-2H3,(H,15,18). The number of carbonyl (C=O) groups is 1. The zero-order valence-corrected chi connectivity index (χ0v) is 10.7. The first kappa shape index (κ1) is 12.8. The molecule has 1 aromatic heterocycles. The molecule has 0 aliphatic heterocycles. The van der Waals surface area contributed by atoms with E-state index in [-0.39, 0.29) is 5.91 Å². The Morgan fingerprint density at radius 2 is 2.21 bits per heavy atom. The Bertz CT molecular complexity index is 604. The van der Waals surface area contributed by atoms with Gasteiger partial charge < -0.3 is 4.74 Å². The van der Waals surface area contributed by atoms with Gasteiger partial charge in [-0.3, -0.25) is 9.48 Å². The van der Waals surface area contributed by atoms with Crippen LogP contribution in [-0.2, 0) is 7.05 Å². The molecule has 6 heteroatoms. The van der Waals surface area contributed by atoms with Crippen LogP contribution < -0.4 is 10.2 Å². The summed E-state index contributed by atoms with van der Waals surface area (Å²) in [6.07, 6.45) is 3.22. The highest BCUT2D eigenvalue weighted by Crippen LogP contribution is 2.14. The lowest BCUT2D eigenvalue weighted by Crippen LogP contribution is -2.18. The van der Waals surface area contributed by atoms with E-state index in [2.05, 4.69) is 15.6 Å². The van der Waals surface area contributed by atoms with Crippen LogP contribution in [0.1, 0.15) is 16.1 Å². The number of hydrogen-bond donors (Lipinski definition) is 1. The molecule has 1 aromatic carbocycles. The lowest BCUT2D eigenvalue weighted by molar-refractivity contribution is 0.0949. The van der Waals surface area contributed by atoms with Crippen molar-refractivity contribution in [1.29, 1.82) is 0 Å². The molecule has 0 fully saturated rings. The number of aryl methyl sites for hydroxylation is 1. The van der Waals surface area contributed by atoms with Gasteiger partial charge in [0.05, 0.1) is 13.3 Å². The minimum Gasteiger partial charge on any atom is -0.496 e. The average molecular weight is 258 g/mol. The van der Waals surface area contributed by atoms with E-state index in [0.29, 0.717) is 11.4 Å². The van der Waals surface area contributed by atoms with Crippen molar-refractivity contribution in [3.63, 3.8) is 0 Å². The molecule has 0 bridgehead atoms. The quantitative estimate of drug-likeness (QED) is 0.661. The maximum absolute atomic E-state index is 11.7. The molecule has 6 nitrogen and oxygen atoms in total. The maximum Gasteiger partial charge on any atom is 0.291 e. The van der Waals surface area contributed by atoms with E-state index in [9.17, 15) is 4.79 Å². The van der Waals surface area contributed by atoms with Gasteiger partial charge in [0.2, 0.25) is 0 Å². The van der Waals surface area contributed by atoms with E-state index < -0.39 is 0 Å². The monoisotopic (exact) mass is 258 g/mol. The van der Waals surface area contributed by atoms with Crippen LogP contribution in [-0.4, -0.2) is 29.0 Å². The number of ether oxygens (including phenoxy) is 1. The Hall–Kier alpha value is -2.63. The Kier molecular flexibility index (Phi) is 3.92. The van der Waals surface area contributed by atoms with Gasteiger partial charge in [0.15, 0.2) is 5.69 Å². The van der Waals surface area contributed by atoms with E-state index in [0.717, 1.165) is 5.56 Å². The fraction of sp³-hybridized carbons (Fsp3) is 0.154. The second-order valence-corrected chi connectivity index (χ2v) is 3.82. The van der Waals surface area contributed by atoms with Crippen molar-refractivity contribution in [3.05, 3.63) is 47.8 Å². The van der Waals surface area contributed by atoms with E-state index >= 15 is 0 Å². The third-order valence-electron chi connectivity index (χ3n) is 2.45. The van der Waals surface area contributed by atoms with Gasteiger partial charge in [-0.25, -0.2) is 5.43 Å². The van der Waals surface area contributed by atoms with Crippen LogP contribution in [0.15, 0.2) is 41.6 Å². The molecule has 2 aromatic rings. The van der Waals surface area contributed by atoms with E-state index in [1.54, 1.807) is 31.1 Å². The van der Waals surface area contributed by atoms with Crippen molar-refractivity contribution in [2.45, 2.75) is 0 Å². The third kappa shape index (κ3) is 3.19. The van der Waals surface area contributed by atoms with Crippen LogP contribution >= 0.6 is 0 Å². The van der Waals surface area contributed by atoms with Crippen LogP contribution in [0.2, 0.25) is 0 Å². The highest BCUT2D eigenvalue weighted by molar-refractivity contribution is 5.93. The van der Waals surface area contributed by atoms with Crippen molar-refractivity contribution >= 4 is 12.1 Å². The molecule has 0 radical (unpaired) electrons. The van der Waals surface area contributed by atoms with Gasteiger partial charge in [-0.15, -0.1) is 0 Å². The summed E-state index contributed by atoms with van der Waals surface area (Å²) in [5.41, 5.74) is 3.51. The Balaban J connectivity index is 2.02. The van der Waals surface area contributed by atoms with Crippen LogP contribution in [0.5, 0.6) is 5.75 Å². The summed E-state index contributed by atoms with van der Waals surface area (Å²) in [7, 11) is 3.33.